The fourth-order valence-corrected chi connectivity index (χ4v) is 0. The van der Waals surface area contributed by atoms with Crippen LogP contribution < -0.4 is 0 Å². The van der Waals surface area contributed by atoms with Crippen LogP contribution in [0.4, 0.5) is 0 Å². The Balaban J connectivity index is -0.000000000500. The summed E-state index contributed by atoms with van der Waals surface area (Å²) in [6.07, 6.45) is 0. The minimum atomic E-state index is 0. The van der Waals surface area contributed by atoms with Gasteiger partial charge in [0, 0.05) is 0 Å². The third-order valence-electron chi connectivity index (χ3n) is 0. The standard InChI is InChI=1S/Mg.2H2O.O.Zn.2H/h;2*1H2;;;;/q+2;;;;;2*-1. The molecule has 0 aliphatic carbocycles. The van der Waals surface area contributed by atoms with Crippen LogP contribution in [0.2, 0.25) is 0 Å². The van der Waals surface area contributed by atoms with Gasteiger partial charge < -0.3 is 13.8 Å². The average molecular weight is 144 g/mol. The molecule has 0 amide bonds. The molecule has 0 atom stereocenters. The van der Waals surface area contributed by atoms with Crippen LogP contribution in [0.25, 0.3) is 0 Å². The van der Waals surface area contributed by atoms with Crippen molar-refractivity contribution >= 4 is 23.1 Å². The Morgan fingerprint density at radius 2 is 1.20 bits per heavy atom. The van der Waals surface area contributed by atoms with E-state index in [2.05, 4.69) is 0 Å². The van der Waals surface area contributed by atoms with Crippen molar-refractivity contribution < 1.29 is 35.6 Å². The van der Waals surface area contributed by atoms with Crippen molar-refractivity contribution in [1.82, 2.24) is 0 Å². The zero-order valence-electron chi connectivity index (χ0n) is 4.82. The van der Waals surface area contributed by atoms with Crippen molar-refractivity contribution in [2.24, 2.45) is 0 Å². The molecule has 0 saturated carbocycles. The van der Waals surface area contributed by atoms with Crippen LogP contribution in [0.3, 0.4) is 0 Å². The second kappa shape index (κ2) is 70.1. The van der Waals surface area contributed by atoms with Gasteiger partial charge in [-0.1, -0.05) is 0 Å². The zero-order valence-corrected chi connectivity index (χ0v) is 7.20. The Hall–Kier alpha value is 1.11. The Morgan fingerprint density at radius 1 is 1.20 bits per heavy atom. The zero-order chi connectivity index (χ0) is 2.00. The average Bonchev–Trinajstić information content (AvgIpc) is 1.00. The molecule has 5 heavy (non-hydrogen) atoms. The van der Waals surface area contributed by atoms with Crippen LogP contribution in [0.5, 0.6) is 0 Å². The van der Waals surface area contributed by atoms with Gasteiger partial charge in [0.25, 0.3) is 0 Å². The summed E-state index contributed by atoms with van der Waals surface area (Å²) >= 11 is 0.125. The molecule has 4 N–H and O–H groups in total. The second-order valence-electron chi connectivity index (χ2n) is 0. The van der Waals surface area contributed by atoms with Crippen LogP contribution in [0.1, 0.15) is 2.85 Å². The SMILES string of the molecule is O.O.[H-].[H-].[Mg+2].[O]=[Zn]. The van der Waals surface area contributed by atoms with Gasteiger partial charge in [-0.15, -0.1) is 0 Å². The predicted octanol–water partition coefficient (Wildman–Crippen LogP) is -1.93. The third kappa shape index (κ3) is 40.1. The first-order chi connectivity index (χ1) is 1.00. The minimum absolute atomic E-state index is 0. The summed E-state index contributed by atoms with van der Waals surface area (Å²) in [6.45, 7) is 0. The van der Waals surface area contributed by atoms with Crippen molar-refractivity contribution in [3.63, 3.8) is 0 Å². The van der Waals surface area contributed by atoms with E-state index >= 15 is 0 Å². The number of hydrogen-bond acceptors (Lipinski definition) is 1. The Kier molecular flexibility index (Phi) is 502. The van der Waals surface area contributed by atoms with Crippen molar-refractivity contribution in [3.05, 3.63) is 0 Å². The first kappa shape index (κ1) is 35.8. The maximum atomic E-state index is 8.38. The summed E-state index contributed by atoms with van der Waals surface area (Å²) in [6, 6.07) is 0. The predicted molar refractivity (Wildman–Crippen MR) is 15.9 cm³/mol. The molecule has 3 nitrogen and oxygen atoms in total. The van der Waals surface area contributed by atoms with Gasteiger partial charge in [-0.05, 0) is 0 Å². The van der Waals surface area contributed by atoms with Gasteiger partial charge >= 0.3 is 44.9 Å². The second-order valence-corrected chi connectivity index (χ2v) is 0. The number of rotatable bonds is 0. The van der Waals surface area contributed by atoms with E-state index in [0.29, 0.717) is 0 Å². The third-order valence-corrected chi connectivity index (χ3v) is 0. The van der Waals surface area contributed by atoms with Crippen LogP contribution in [-0.2, 0) is 21.8 Å². The molecule has 0 unspecified atom stereocenters. The van der Waals surface area contributed by atoms with Crippen LogP contribution >= 0.6 is 0 Å². The Labute approximate surface area is 58.8 Å². The molecule has 0 saturated heterocycles. The van der Waals surface area contributed by atoms with Gasteiger partial charge in [0.05, 0.1) is 0 Å². The molecule has 0 aliphatic rings. The molecule has 0 radical (unpaired) electrons. The van der Waals surface area contributed by atoms with Gasteiger partial charge in [0.15, 0.2) is 0 Å². The van der Waals surface area contributed by atoms with E-state index in [1.807, 2.05) is 0 Å². The van der Waals surface area contributed by atoms with E-state index in [1.165, 1.54) is 0 Å². The molecule has 0 fully saturated rings. The van der Waals surface area contributed by atoms with Crippen molar-refractivity contribution in [1.29, 1.82) is 0 Å². The maximum absolute atomic E-state index is 8.38. The van der Waals surface area contributed by atoms with Gasteiger partial charge in [0.2, 0.25) is 0 Å². The van der Waals surface area contributed by atoms with E-state index in [-0.39, 0.29) is 55.1 Å². The monoisotopic (exact) mass is 142 g/mol. The summed E-state index contributed by atoms with van der Waals surface area (Å²) in [5.41, 5.74) is 0. The molecular weight excluding hydrogens is 138 g/mol. The van der Waals surface area contributed by atoms with Crippen LogP contribution in [0.15, 0.2) is 0 Å². The molecule has 0 aromatic heterocycles. The summed E-state index contributed by atoms with van der Waals surface area (Å²) in [4.78, 5) is 0. The summed E-state index contributed by atoms with van der Waals surface area (Å²) in [7, 11) is 0. The molecule has 0 aliphatic heterocycles. The molecule has 28 valence electrons. The topological polar surface area (TPSA) is 80.1 Å². The summed E-state index contributed by atoms with van der Waals surface area (Å²) < 4.78 is 8.38. The Bertz CT molecular complexity index is 12.9. The molecule has 0 bridgehead atoms. The van der Waals surface area contributed by atoms with E-state index in [1.54, 1.807) is 0 Å². The molecule has 0 aromatic rings. The first-order valence-electron chi connectivity index (χ1n) is 0.289. The van der Waals surface area contributed by atoms with E-state index in [0.717, 1.165) is 0 Å². The van der Waals surface area contributed by atoms with Crippen molar-refractivity contribution in [2.45, 2.75) is 0 Å². The quantitative estimate of drug-likeness (QED) is 0.364. The molecule has 5 heteroatoms. The van der Waals surface area contributed by atoms with Gasteiger partial charge in [-0.25, -0.2) is 0 Å². The first-order valence-corrected chi connectivity index (χ1v) is 1.50. The fraction of sp³-hybridized carbons (Fsp3) is 0. The molecule has 0 aromatic carbocycles. The Morgan fingerprint density at radius 3 is 1.20 bits per heavy atom. The van der Waals surface area contributed by atoms with Crippen LogP contribution in [-0.4, -0.2) is 34.0 Å². The van der Waals surface area contributed by atoms with Crippen LogP contribution in [0, 0.1) is 0 Å². The van der Waals surface area contributed by atoms with Gasteiger partial charge in [0.1, 0.15) is 0 Å². The number of hydrogen-bond donors (Lipinski definition) is 0. The van der Waals surface area contributed by atoms with Crippen molar-refractivity contribution in [3.8, 4) is 0 Å². The molecule has 0 rings (SSSR count). The fourth-order valence-electron chi connectivity index (χ4n) is 0. The van der Waals surface area contributed by atoms with Crippen molar-refractivity contribution in [2.75, 3.05) is 0 Å². The normalized spacial score (nSPS) is 1.20. The molecule has 0 spiro atoms. The summed E-state index contributed by atoms with van der Waals surface area (Å²) in [5, 5.41) is 0. The van der Waals surface area contributed by atoms with E-state index in [4.69, 9.17) is 3.57 Å². The van der Waals surface area contributed by atoms with Gasteiger partial charge in [-0.3, -0.25) is 0 Å². The van der Waals surface area contributed by atoms with E-state index in [9.17, 15) is 0 Å². The van der Waals surface area contributed by atoms with E-state index < -0.39 is 0 Å². The molecule has 0 heterocycles. The molecular formula is H6MgO3Zn. The van der Waals surface area contributed by atoms with Gasteiger partial charge in [-0.2, -0.15) is 0 Å². The summed E-state index contributed by atoms with van der Waals surface area (Å²) in [5.74, 6) is 0.